The molecule has 6 nitrogen and oxygen atoms in total. The monoisotopic (exact) mass is 1120 g/mol. The molecule has 0 spiro atoms. The lowest BCUT2D eigenvalue weighted by molar-refractivity contribution is -0.143. The number of hydrogen-bond acceptors (Lipinski definition) is 5. The van der Waals surface area contributed by atoms with Crippen LogP contribution in [0.25, 0.3) is 0 Å². The Hall–Kier alpha value is -1.92. The summed E-state index contributed by atoms with van der Waals surface area (Å²) in [5.74, 6) is -0.0357. The molecule has 0 saturated carbocycles. The van der Waals surface area contributed by atoms with Crippen LogP contribution < -0.4 is 5.32 Å². The summed E-state index contributed by atoms with van der Waals surface area (Å²) in [7, 11) is 0. The maximum absolute atomic E-state index is 12.6. The summed E-state index contributed by atoms with van der Waals surface area (Å²) in [6, 6.07) is -0.547. The second-order valence-electron chi connectivity index (χ2n) is 24.9. The summed E-state index contributed by atoms with van der Waals surface area (Å²) in [6.07, 6.45) is 89.1. The molecule has 2 atom stereocenters. The number of carbonyl (C=O) groups is 2. The van der Waals surface area contributed by atoms with Crippen LogP contribution in [0.15, 0.2) is 36.5 Å². The fraction of sp³-hybridized carbons (Fsp3) is 0.892. The number of amides is 1. The van der Waals surface area contributed by atoms with Gasteiger partial charge in [0.1, 0.15) is 0 Å². The van der Waals surface area contributed by atoms with Crippen LogP contribution in [0.2, 0.25) is 0 Å². The molecule has 0 heterocycles. The van der Waals surface area contributed by atoms with Crippen molar-refractivity contribution in [1.82, 2.24) is 5.32 Å². The number of rotatable bonds is 68. The van der Waals surface area contributed by atoms with Crippen molar-refractivity contribution in [2.45, 2.75) is 411 Å². The lowest BCUT2D eigenvalue weighted by Gasteiger charge is -2.22. The van der Waals surface area contributed by atoms with Gasteiger partial charge in [-0.15, -0.1) is 0 Å². The first-order chi connectivity index (χ1) is 39.5. The Bertz CT molecular complexity index is 1300. The number of hydrogen-bond donors (Lipinski definition) is 3. The number of allylic oxidation sites excluding steroid dienone is 6. The van der Waals surface area contributed by atoms with E-state index in [0.717, 1.165) is 51.4 Å². The quantitative estimate of drug-likeness (QED) is 0.0320. The van der Waals surface area contributed by atoms with E-state index in [1.807, 2.05) is 0 Å². The van der Waals surface area contributed by atoms with Gasteiger partial charge in [-0.2, -0.15) is 0 Å². The van der Waals surface area contributed by atoms with E-state index in [1.165, 1.54) is 315 Å². The summed E-state index contributed by atoms with van der Waals surface area (Å²) in [6.45, 7) is 4.96. The molecule has 0 fully saturated rings. The third-order valence-electron chi connectivity index (χ3n) is 16.9. The molecule has 0 rings (SSSR count). The molecule has 3 N–H and O–H groups in total. The first-order valence-corrected chi connectivity index (χ1v) is 36.2. The molecule has 0 aromatic carbocycles. The normalized spacial score (nSPS) is 12.7. The number of aliphatic hydroxyl groups is 2. The van der Waals surface area contributed by atoms with Crippen LogP contribution in [-0.4, -0.2) is 47.4 Å². The van der Waals surface area contributed by atoms with E-state index in [1.54, 1.807) is 0 Å². The number of carbonyl (C=O) groups excluding carboxylic acids is 2. The molecule has 6 heteroatoms. The van der Waals surface area contributed by atoms with Crippen molar-refractivity contribution < 1.29 is 24.5 Å². The van der Waals surface area contributed by atoms with Crippen molar-refractivity contribution in [1.29, 1.82) is 0 Å². The van der Waals surface area contributed by atoms with Gasteiger partial charge in [0.2, 0.25) is 5.91 Å². The maximum Gasteiger partial charge on any atom is 0.305 e. The van der Waals surface area contributed by atoms with E-state index in [0.29, 0.717) is 25.9 Å². The molecule has 0 saturated heterocycles. The Morgan fingerprint density at radius 2 is 0.625 bits per heavy atom. The van der Waals surface area contributed by atoms with E-state index in [-0.39, 0.29) is 18.5 Å². The van der Waals surface area contributed by atoms with Gasteiger partial charge in [0.15, 0.2) is 0 Å². The molecule has 0 aromatic rings. The van der Waals surface area contributed by atoms with Crippen LogP contribution in [0.3, 0.4) is 0 Å². The van der Waals surface area contributed by atoms with Crippen LogP contribution in [0.1, 0.15) is 399 Å². The van der Waals surface area contributed by atoms with Crippen LogP contribution in [-0.2, 0) is 14.3 Å². The molecule has 1 amide bonds. The zero-order valence-electron chi connectivity index (χ0n) is 54.1. The Kier molecular flexibility index (Phi) is 67.9. The van der Waals surface area contributed by atoms with Crippen molar-refractivity contribution in [3.05, 3.63) is 36.5 Å². The van der Waals surface area contributed by atoms with Gasteiger partial charge in [0.25, 0.3) is 0 Å². The summed E-state index contributed by atoms with van der Waals surface area (Å²) in [5, 5.41) is 23.4. The molecular weight excluding hydrogens is 983 g/mol. The van der Waals surface area contributed by atoms with Gasteiger partial charge < -0.3 is 20.3 Å². The number of esters is 1. The second kappa shape index (κ2) is 69.6. The molecule has 0 radical (unpaired) electrons. The molecule has 0 aliphatic heterocycles. The zero-order valence-corrected chi connectivity index (χ0v) is 54.1. The largest absolute Gasteiger partial charge is 0.466 e. The van der Waals surface area contributed by atoms with Crippen LogP contribution >= 0.6 is 0 Å². The summed E-state index contributed by atoms with van der Waals surface area (Å²) < 4.78 is 5.49. The summed E-state index contributed by atoms with van der Waals surface area (Å²) in [5.41, 5.74) is 0. The van der Waals surface area contributed by atoms with E-state index in [2.05, 4.69) is 55.6 Å². The highest BCUT2D eigenvalue weighted by Gasteiger charge is 2.20. The van der Waals surface area contributed by atoms with Gasteiger partial charge in [-0.1, -0.05) is 339 Å². The van der Waals surface area contributed by atoms with E-state index in [4.69, 9.17) is 4.74 Å². The lowest BCUT2D eigenvalue weighted by atomic mass is 10.0. The highest BCUT2D eigenvalue weighted by atomic mass is 16.5. The summed E-state index contributed by atoms with van der Waals surface area (Å²) >= 11 is 0. The van der Waals surface area contributed by atoms with Gasteiger partial charge in [0.05, 0.1) is 25.4 Å². The van der Waals surface area contributed by atoms with Crippen LogP contribution in [0.4, 0.5) is 0 Å². The molecule has 0 aliphatic carbocycles. The van der Waals surface area contributed by atoms with Crippen molar-refractivity contribution in [2.75, 3.05) is 13.2 Å². The molecule has 80 heavy (non-hydrogen) atoms. The van der Waals surface area contributed by atoms with E-state index >= 15 is 0 Å². The van der Waals surface area contributed by atoms with Gasteiger partial charge in [0, 0.05) is 12.8 Å². The van der Waals surface area contributed by atoms with Crippen molar-refractivity contribution in [2.24, 2.45) is 0 Å². The lowest BCUT2D eigenvalue weighted by Crippen LogP contribution is -2.45. The van der Waals surface area contributed by atoms with Gasteiger partial charge >= 0.3 is 5.97 Å². The second-order valence-corrected chi connectivity index (χ2v) is 24.9. The third kappa shape index (κ3) is 65.2. The van der Waals surface area contributed by atoms with Crippen LogP contribution in [0.5, 0.6) is 0 Å². The molecule has 0 bridgehead atoms. The SMILES string of the molecule is CCCCCC/C=C\C/C=C\CCCCCCCC(=O)OCCCCCCCCCCCCCC/C=C\CCCCCCCCCCC(=O)NC(CO)C(O)CCCCCCCCCCCCCCCCCCCCCCCCC. The number of unbranched alkanes of at least 4 members (excludes halogenated alkanes) is 51. The minimum absolute atomic E-state index is 0.000243. The maximum atomic E-state index is 12.6. The minimum atomic E-state index is -0.669. The predicted molar refractivity (Wildman–Crippen MR) is 352 cm³/mol. The molecule has 0 aromatic heterocycles. The third-order valence-corrected chi connectivity index (χ3v) is 16.9. The van der Waals surface area contributed by atoms with Gasteiger partial charge in [-0.05, 0) is 83.5 Å². The molecule has 0 aliphatic rings. The Labute approximate surface area is 500 Å². The van der Waals surface area contributed by atoms with Crippen molar-refractivity contribution in [3.63, 3.8) is 0 Å². The zero-order chi connectivity index (χ0) is 57.8. The number of aliphatic hydroxyl groups excluding tert-OH is 2. The number of ether oxygens (including phenoxy) is 1. The topological polar surface area (TPSA) is 95.9 Å². The fourth-order valence-electron chi connectivity index (χ4n) is 11.4. The first kappa shape index (κ1) is 78.1. The van der Waals surface area contributed by atoms with Crippen molar-refractivity contribution >= 4 is 11.9 Å². The average Bonchev–Trinajstić information content (AvgIpc) is 3.46. The average molecular weight is 1120 g/mol. The van der Waals surface area contributed by atoms with Gasteiger partial charge in [-0.25, -0.2) is 0 Å². The highest BCUT2D eigenvalue weighted by molar-refractivity contribution is 5.76. The predicted octanol–water partition coefficient (Wildman–Crippen LogP) is 23.5. The molecule has 2 unspecified atom stereocenters. The van der Waals surface area contributed by atoms with E-state index in [9.17, 15) is 19.8 Å². The minimum Gasteiger partial charge on any atom is -0.466 e. The number of nitrogens with one attached hydrogen (secondary N) is 1. The van der Waals surface area contributed by atoms with Gasteiger partial charge in [-0.3, -0.25) is 9.59 Å². The fourth-order valence-corrected chi connectivity index (χ4v) is 11.4. The molecule has 472 valence electrons. The standard InChI is InChI=1S/C74H141NO5/c1-3-5-7-9-11-13-15-17-19-21-22-23-26-29-32-35-38-42-46-50-54-58-62-66-72(77)71(70-76)75-73(78)67-63-59-55-51-47-43-39-36-33-30-27-24-25-28-31-34-37-41-45-49-53-57-61-65-69-80-74(79)68-64-60-56-52-48-44-40-20-18-16-14-12-10-8-6-4-2/h14,16,20,27,30,40,71-72,76-77H,3-13,15,17-19,21-26,28-29,31-39,41-70H2,1-2H3,(H,75,78)/b16-14-,30-27-,40-20-. The Morgan fingerprint density at radius 1 is 0.350 bits per heavy atom. The highest BCUT2D eigenvalue weighted by Crippen LogP contribution is 2.19. The Balaban J connectivity index is 3.41. The Morgan fingerprint density at radius 3 is 0.975 bits per heavy atom. The first-order valence-electron chi connectivity index (χ1n) is 36.2. The van der Waals surface area contributed by atoms with E-state index < -0.39 is 12.1 Å². The van der Waals surface area contributed by atoms with Crippen molar-refractivity contribution in [3.8, 4) is 0 Å². The summed E-state index contributed by atoms with van der Waals surface area (Å²) in [4.78, 5) is 24.6. The smallest absolute Gasteiger partial charge is 0.305 e. The molecular formula is C74H141NO5. The van der Waals surface area contributed by atoms with Crippen LogP contribution in [0, 0.1) is 0 Å².